The maximum atomic E-state index is 13.8. The number of anilines is 1. The number of aromatic nitrogens is 3. The summed E-state index contributed by atoms with van der Waals surface area (Å²) in [7, 11) is 0. The average Bonchev–Trinajstić information content (AvgIpc) is 3.54. The van der Waals surface area contributed by atoms with Gasteiger partial charge in [0, 0.05) is 22.1 Å². The van der Waals surface area contributed by atoms with Crippen LogP contribution in [0.25, 0.3) is 5.69 Å². The quantitative estimate of drug-likeness (QED) is 0.355. The number of halogens is 1. The Hall–Kier alpha value is -3.50. The van der Waals surface area contributed by atoms with Crippen LogP contribution in [0.5, 0.6) is 0 Å². The van der Waals surface area contributed by atoms with Crippen molar-refractivity contribution in [3.63, 3.8) is 0 Å². The summed E-state index contributed by atoms with van der Waals surface area (Å²) in [5.74, 6) is -0.108. The SMILES string of the molecule is CC(C)(C)c1nn(-c2ccc(F)cc2)c2c1[C@@H](c1cccs1)SCC(=O)N2CC(=O)NCc1ccccn1. The van der Waals surface area contributed by atoms with Gasteiger partial charge in [-0.15, -0.1) is 23.1 Å². The molecule has 10 heteroatoms. The lowest BCUT2D eigenvalue weighted by atomic mass is 9.88. The summed E-state index contributed by atoms with van der Waals surface area (Å²) in [5, 5.41) is 9.76. The van der Waals surface area contributed by atoms with Crippen LogP contribution in [-0.2, 0) is 21.5 Å². The van der Waals surface area contributed by atoms with Crippen LogP contribution in [0, 0.1) is 5.82 Å². The fourth-order valence-electron chi connectivity index (χ4n) is 4.39. The van der Waals surface area contributed by atoms with E-state index in [9.17, 15) is 14.0 Å². The molecular weight excluding hydrogens is 521 g/mol. The molecule has 4 aromatic rings. The molecule has 1 N–H and O–H groups in total. The number of hydrogen-bond donors (Lipinski definition) is 1. The minimum atomic E-state index is -0.364. The molecule has 0 bridgehead atoms. The number of nitrogens with zero attached hydrogens (tertiary/aromatic N) is 4. The highest BCUT2D eigenvalue weighted by Gasteiger charge is 2.40. The molecule has 196 valence electrons. The third-order valence-corrected chi connectivity index (χ3v) is 8.49. The minimum absolute atomic E-state index is 0.140. The van der Waals surface area contributed by atoms with E-state index in [1.165, 1.54) is 28.8 Å². The zero-order valence-electron chi connectivity index (χ0n) is 21.3. The molecule has 38 heavy (non-hydrogen) atoms. The Bertz CT molecular complexity index is 1430. The lowest BCUT2D eigenvalue weighted by Crippen LogP contribution is -2.42. The van der Waals surface area contributed by atoms with Crippen LogP contribution in [0.3, 0.4) is 0 Å². The summed E-state index contributed by atoms with van der Waals surface area (Å²) in [6, 6.07) is 15.6. The Morgan fingerprint density at radius 3 is 2.58 bits per heavy atom. The fraction of sp³-hybridized carbons (Fsp3) is 0.286. The van der Waals surface area contributed by atoms with Gasteiger partial charge in [-0.1, -0.05) is 32.9 Å². The Morgan fingerprint density at radius 2 is 1.92 bits per heavy atom. The first-order chi connectivity index (χ1) is 18.2. The van der Waals surface area contributed by atoms with Crippen molar-refractivity contribution in [1.29, 1.82) is 0 Å². The summed E-state index contributed by atoms with van der Waals surface area (Å²) in [5.41, 5.74) is 2.71. The van der Waals surface area contributed by atoms with Gasteiger partial charge < -0.3 is 5.32 Å². The van der Waals surface area contributed by atoms with Gasteiger partial charge in [0.2, 0.25) is 11.8 Å². The van der Waals surface area contributed by atoms with E-state index in [1.807, 2.05) is 29.6 Å². The number of pyridine rings is 1. The third-order valence-electron chi connectivity index (χ3n) is 6.17. The zero-order chi connectivity index (χ0) is 26.9. The van der Waals surface area contributed by atoms with Crippen LogP contribution in [0.4, 0.5) is 10.2 Å². The Morgan fingerprint density at radius 1 is 1.13 bits per heavy atom. The summed E-state index contributed by atoms with van der Waals surface area (Å²) in [6.45, 7) is 6.32. The van der Waals surface area contributed by atoms with Crippen LogP contribution in [0.2, 0.25) is 0 Å². The molecule has 0 radical (unpaired) electrons. The lowest BCUT2D eigenvalue weighted by molar-refractivity contribution is -0.123. The van der Waals surface area contributed by atoms with Crippen molar-refractivity contribution in [1.82, 2.24) is 20.1 Å². The summed E-state index contributed by atoms with van der Waals surface area (Å²) < 4.78 is 15.5. The van der Waals surface area contributed by atoms with Gasteiger partial charge in [0.25, 0.3) is 0 Å². The molecule has 1 aliphatic heterocycles. The largest absolute Gasteiger partial charge is 0.349 e. The van der Waals surface area contributed by atoms with E-state index >= 15 is 0 Å². The summed E-state index contributed by atoms with van der Waals surface area (Å²) >= 11 is 3.17. The van der Waals surface area contributed by atoms with Gasteiger partial charge in [0.05, 0.1) is 34.6 Å². The monoisotopic (exact) mass is 549 g/mol. The molecule has 0 spiro atoms. The van der Waals surface area contributed by atoms with Gasteiger partial charge in [-0.2, -0.15) is 5.10 Å². The van der Waals surface area contributed by atoms with E-state index in [0.29, 0.717) is 11.5 Å². The predicted molar refractivity (Wildman–Crippen MR) is 149 cm³/mol. The predicted octanol–water partition coefficient (Wildman–Crippen LogP) is 5.25. The maximum absolute atomic E-state index is 13.8. The first-order valence-electron chi connectivity index (χ1n) is 12.2. The second-order valence-electron chi connectivity index (χ2n) is 10.0. The number of hydrogen-bond acceptors (Lipinski definition) is 6. The number of fused-ring (bicyclic) bond motifs is 1. The first-order valence-corrected chi connectivity index (χ1v) is 14.2. The smallest absolute Gasteiger partial charge is 0.240 e. The molecule has 2 amide bonds. The van der Waals surface area contributed by atoms with Crippen molar-refractivity contribution < 1.29 is 14.0 Å². The van der Waals surface area contributed by atoms with Gasteiger partial charge in [0.1, 0.15) is 18.2 Å². The van der Waals surface area contributed by atoms with Gasteiger partial charge in [-0.05, 0) is 47.8 Å². The highest BCUT2D eigenvalue weighted by Crippen LogP contribution is 2.49. The minimum Gasteiger partial charge on any atom is -0.349 e. The van der Waals surface area contributed by atoms with Crippen molar-refractivity contribution in [3.05, 3.63) is 93.8 Å². The van der Waals surface area contributed by atoms with Gasteiger partial charge in [-0.25, -0.2) is 9.07 Å². The molecule has 0 saturated carbocycles. The first kappa shape index (κ1) is 26.1. The van der Waals surface area contributed by atoms with Gasteiger partial charge >= 0.3 is 0 Å². The van der Waals surface area contributed by atoms with E-state index in [2.05, 4.69) is 37.1 Å². The molecule has 1 atom stereocenters. The summed E-state index contributed by atoms with van der Waals surface area (Å²) in [4.78, 5) is 33.6. The molecule has 0 fully saturated rings. The van der Waals surface area contributed by atoms with Crippen molar-refractivity contribution in [2.75, 3.05) is 17.2 Å². The van der Waals surface area contributed by atoms with Crippen molar-refractivity contribution in [3.8, 4) is 5.69 Å². The number of carbonyl (C=O) groups excluding carboxylic acids is 2. The molecule has 0 saturated heterocycles. The molecule has 1 aliphatic rings. The molecular formula is C28H28FN5O2S2. The topological polar surface area (TPSA) is 80.1 Å². The Labute approximate surface area is 229 Å². The number of thiophene rings is 1. The number of benzene rings is 1. The van der Waals surface area contributed by atoms with Crippen LogP contribution in [0.1, 0.15) is 47.8 Å². The number of amides is 2. The van der Waals surface area contributed by atoms with Gasteiger partial charge in [-0.3, -0.25) is 19.5 Å². The second-order valence-corrected chi connectivity index (χ2v) is 12.1. The van der Waals surface area contributed by atoms with E-state index in [-0.39, 0.29) is 47.1 Å². The molecule has 1 aromatic carbocycles. The highest BCUT2D eigenvalue weighted by atomic mass is 32.2. The molecule has 3 aromatic heterocycles. The van der Waals surface area contributed by atoms with Crippen LogP contribution < -0.4 is 10.2 Å². The number of carbonyl (C=O) groups is 2. The standard InChI is InChI=1S/C28H28FN5O2S2/c1-28(2,3)26-24-25(21-8-6-14-37-21)38-17-23(36)33(16-22(35)31-15-19-7-4-5-13-30-19)27(24)34(32-26)20-11-9-18(29)10-12-20/h4-14,25H,15-17H2,1-3H3,(H,31,35)/t25-/m1/s1. The normalized spacial score (nSPS) is 15.7. The second kappa shape index (κ2) is 10.7. The van der Waals surface area contributed by atoms with Crippen LogP contribution in [0.15, 0.2) is 66.2 Å². The lowest BCUT2D eigenvalue weighted by Gasteiger charge is -2.24. The molecule has 7 nitrogen and oxygen atoms in total. The van der Waals surface area contributed by atoms with Crippen molar-refractivity contribution >= 4 is 40.7 Å². The van der Waals surface area contributed by atoms with E-state index < -0.39 is 0 Å². The molecule has 0 aliphatic carbocycles. The van der Waals surface area contributed by atoms with E-state index in [0.717, 1.165) is 21.8 Å². The molecule has 5 rings (SSSR count). The van der Waals surface area contributed by atoms with E-state index in [4.69, 9.17) is 5.10 Å². The molecule has 0 unspecified atom stereocenters. The Kier molecular flexibility index (Phi) is 7.36. The van der Waals surface area contributed by atoms with E-state index in [1.54, 1.807) is 34.3 Å². The van der Waals surface area contributed by atoms with Crippen molar-refractivity contribution in [2.24, 2.45) is 0 Å². The van der Waals surface area contributed by atoms with Gasteiger partial charge in [0.15, 0.2) is 0 Å². The Balaban J connectivity index is 1.62. The zero-order valence-corrected chi connectivity index (χ0v) is 23.0. The summed E-state index contributed by atoms with van der Waals surface area (Å²) in [6.07, 6.45) is 1.67. The highest BCUT2D eigenvalue weighted by molar-refractivity contribution is 8.00. The van der Waals surface area contributed by atoms with Crippen LogP contribution >= 0.6 is 23.1 Å². The average molecular weight is 550 g/mol. The molecule has 4 heterocycles. The number of thioether (sulfide) groups is 1. The third kappa shape index (κ3) is 5.37. The van der Waals surface area contributed by atoms with Crippen LogP contribution in [-0.4, -0.2) is 38.9 Å². The maximum Gasteiger partial charge on any atom is 0.240 e. The number of nitrogens with one attached hydrogen (secondary N) is 1. The number of rotatable bonds is 6. The fourth-order valence-corrected chi connectivity index (χ4v) is 6.57. The van der Waals surface area contributed by atoms with Crippen molar-refractivity contribution in [2.45, 2.75) is 38.0 Å².